The number of pyridine rings is 1. The van der Waals surface area contributed by atoms with Crippen LogP contribution in [0.1, 0.15) is 16.1 Å². The minimum atomic E-state index is -0.404. The number of esters is 1. The second-order valence-corrected chi connectivity index (χ2v) is 2.39. The van der Waals surface area contributed by atoms with Gasteiger partial charge in [0.25, 0.3) is 0 Å². The van der Waals surface area contributed by atoms with Crippen LogP contribution in [0.25, 0.3) is 0 Å². The fourth-order valence-electron chi connectivity index (χ4n) is 0.840. The lowest BCUT2D eigenvalue weighted by Crippen LogP contribution is -2.05. The van der Waals surface area contributed by atoms with E-state index in [0.717, 1.165) is 0 Å². The van der Waals surface area contributed by atoms with Crippen LogP contribution in [0.2, 0.25) is 0 Å². The summed E-state index contributed by atoms with van der Waals surface area (Å²) in [6.07, 6.45) is 1.59. The van der Waals surface area contributed by atoms with E-state index in [1.165, 1.54) is 7.11 Å². The van der Waals surface area contributed by atoms with Crippen LogP contribution in [0.5, 0.6) is 0 Å². The number of alkyl halides is 1. The Bertz CT molecular complexity index is 291. The lowest BCUT2D eigenvalue weighted by atomic mass is 10.2. The Hall–Kier alpha value is -0.800. The van der Waals surface area contributed by atoms with E-state index in [1.807, 2.05) is 0 Å². The third-order valence-electron chi connectivity index (χ3n) is 1.42. The highest BCUT2D eigenvalue weighted by atomic mass is 35.5. The molecule has 0 saturated heterocycles. The highest BCUT2D eigenvalue weighted by Crippen LogP contribution is 2.08. The maximum Gasteiger partial charge on any atom is 0.339 e. The zero-order valence-corrected chi connectivity index (χ0v) is 8.56. The molecule has 0 bridgehead atoms. The van der Waals surface area contributed by atoms with Crippen molar-refractivity contribution in [1.29, 1.82) is 0 Å². The van der Waals surface area contributed by atoms with Gasteiger partial charge in [0, 0.05) is 6.20 Å². The Kier molecular flexibility index (Phi) is 5.42. The fourth-order valence-corrected chi connectivity index (χ4v) is 1.05. The van der Waals surface area contributed by atoms with Gasteiger partial charge in [0.2, 0.25) is 0 Å². The Morgan fingerprint density at radius 2 is 2.38 bits per heavy atom. The largest absolute Gasteiger partial charge is 0.465 e. The summed E-state index contributed by atoms with van der Waals surface area (Å²) < 4.78 is 4.54. The van der Waals surface area contributed by atoms with Crippen LogP contribution in [-0.2, 0) is 10.6 Å². The van der Waals surface area contributed by atoms with E-state index < -0.39 is 5.97 Å². The molecule has 0 unspecified atom stereocenters. The molecule has 0 spiro atoms. The number of methoxy groups -OCH3 is 1. The lowest BCUT2D eigenvalue weighted by molar-refractivity contribution is 0.0599. The van der Waals surface area contributed by atoms with E-state index in [0.29, 0.717) is 11.3 Å². The summed E-state index contributed by atoms with van der Waals surface area (Å²) in [5.41, 5.74) is 0.973. The molecule has 5 heteroatoms. The van der Waals surface area contributed by atoms with Gasteiger partial charge >= 0.3 is 5.97 Å². The van der Waals surface area contributed by atoms with E-state index in [2.05, 4.69) is 9.72 Å². The topological polar surface area (TPSA) is 39.2 Å². The number of aromatic nitrogens is 1. The van der Waals surface area contributed by atoms with Crippen molar-refractivity contribution < 1.29 is 9.53 Å². The van der Waals surface area contributed by atoms with Gasteiger partial charge in [0.1, 0.15) is 0 Å². The predicted octanol–water partition coefficient (Wildman–Crippen LogP) is 2.03. The Labute approximate surface area is 87.5 Å². The van der Waals surface area contributed by atoms with E-state index in [4.69, 9.17) is 11.6 Å². The molecule has 1 aromatic heterocycles. The van der Waals surface area contributed by atoms with E-state index in [9.17, 15) is 4.79 Å². The number of hydrogen-bond donors (Lipinski definition) is 0. The first-order valence-electron chi connectivity index (χ1n) is 3.37. The number of nitrogens with zero attached hydrogens (tertiary/aromatic N) is 1. The van der Waals surface area contributed by atoms with Crippen molar-refractivity contribution >= 4 is 30.0 Å². The van der Waals surface area contributed by atoms with Crippen LogP contribution in [-0.4, -0.2) is 18.1 Å². The minimum absolute atomic E-state index is 0. The molecule has 1 heterocycles. The van der Waals surface area contributed by atoms with Gasteiger partial charge in [-0.1, -0.05) is 0 Å². The molecule has 0 aromatic carbocycles. The first-order chi connectivity index (χ1) is 5.79. The van der Waals surface area contributed by atoms with Crippen molar-refractivity contribution in [2.45, 2.75) is 5.88 Å². The molecule has 0 N–H and O–H groups in total. The molecule has 0 radical (unpaired) electrons. The third kappa shape index (κ3) is 2.86. The Morgan fingerprint density at radius 1 is 1.69 bits per heavy atom. The van der Waals surface area contributed by atoms with Crippen molar-refractivity contribution in [3.8, 4) is 0 Å². The molecule has 72 valence electrons. The maximum atomic E-state index is 11.1. The lowest BCUT2D eigenvalue weighted by Gasteiger charge is -2.02. The first-order valence-corrected chi connectivity index (χ1v) is 3.91. The summed E-state index contributed by atoms with van der Waals surface area (Å²) in [4.78, 5) is 15.0. The molecule has 1 rings (SSSR count). The molecule has 0 atom stereocenters. The number of halogens is 2. The monoisotopic (exact) mass is 221 g/mol. The molecule has 0 aliphatic rings. The minimum Gasteiger partial charge on any atom is -0.465 e. The smallest absolute Gasteiger partial charge is 0.339 e. The van der Waals surface area contributed by atoms with Gasteiger partial charge in [0.15, 0.2) is 0 Å². The summed E-state index contributed by atoms with van der Waals surface area (Å²) in [6.45, 7) is 0. The van der Waals surface area contributed by atoms with Crippen LogP contribution in [0, 0.1) is 0 Å². The summed E-state index contributed by atoms with van der Waals surface area (Å²) in [7, 11) is 1.33. The van der Waals surface area contributed by atoms with E-state index >= 15 is 0 Å². The summed E-state index contributed by atoms with van der Waals surface area (Å²) in [5.74, 6) is -0.190. The highest BCUT2D eigenvalue weighted by Gasteiger charge is 2.10. The maximum absolute atomic E-state index is 11.1. The number of ether oxygens (including phenoxy) is 1. The van der Waals surface area contributed by atoms with E-state index in [1.54, 1.807) is 18.3 Å². The molecule has 13 heavy (non-hydrogen) atoms. The Morgan fingerprint density at radius 3 is 2.92 bits per heavy atom. The van der Waals surface area contributed by atoms with Crippen LogP contribution >= 0.6 is 24.0 Å². The quantitative estimate of drug-likeness (QED) is 0.567. The molecular weight excluding hydrogens is 213 g/mol. The fraction of sp³-hybridized carbons (Fsp3) is 0.250. The highest BCUT2D eigenvalue weighted by molar-refractivity contribution is 6.17. The number of rotatable bonds is 2. The van der Waals surface area contributed by atoms with Crippen LogP contribution in [0.4, 0.5) is 0 Å². The van der Waals surface area contributed by atoms with Gasteiger partial charge in [0.05, 0.1) is 24.2 Å². The van der Waals surface area contributed by atoms with Crippen molar-refractivity contribution in [2.24, 2.45) is 0 Å². The van der Waals surface area contributed by atoms with Gasteiger partial charge in [-0.05, 0) is 12.1 Å². The summed E-state index contributed by atoms with van der Waals surface area (Å²) >= 11 is 5.56. The van der Waals surface area contributed by atoms with Crippen LogP contribution < -0.4 is 0 Å². The first kappa shape index (κ1) is 12.2. The molecule has 0 aliphatic carbocycles. The third-order valence-corrected chi connectivity index (χ3v) is 1.68. The average molecular weight is 222 g/mol. The molecule has 0 amide bonds. The van der Waals surface area contributed by atoms with Crippen molar-refractivity contribution in [3.63, 3.8) is 0 Å². The zero-order valence-electron chi connectivity index (χ0n) is 6.99. The number of carbonyl (C=O) groups excluding carboxylic acids is 1. The number of hydrogen-bond acceptors (Lipinski definition) is 3. The van der Waals surface area contributed by atoms with Gasteiger partial charge < -0.3 is 4.74 Å². The predicted molar refractivity (Wildman–Crippen MR) is 52.4 cm³/mol. The van der Waals surface area contributed by atoms with Crippen LogP contribution in [0.3, 0.4) is 0 Å². The number of carbonyl (C=O) groups is 1. The zero-order chi connectivity index (χ0) is 8.97. The second-order valence-electron chi connectivity index (χ2n) is 2.12. The second kappa shape index (κ2) is 5.78. The van der Waals surface area contributed by atoms with Crippen molar-refractivity contribution in [1.82, 2.24) is 4.98 Å². The van der Waals surface area contributed by atoms with Crippen molar-refractivity contribution in [2.75, 3.05) is 7.11 Å². The summed E-state index contributed by atoms with van der Waals surface area (Å²) in [6, 6.07) is 3.30. The molecular formula is C8H9Cl2NO2. The molecule has 0 fully saturated rings. The van der Waals surface area contributed by atoms with Gasteiger partial charge in [-0.2, -0.15) is 0 Å². The van der Waals surface area contributed by atoms with E-state index in [-0.39, 0.29) is 18.3 Å². The molecule has 3 nitrogen and oxygen atoms in total. The normalized spacial score (nSPS) is 8.77. The molecule has 0 saturated carbocycles. The van der Waals surface area contributed by atoms with Gasteiger partial charge in [-0.15, -0.1) is 24.0 Å². The standard InChI is InChI=1S/C8H8ClNO2.ClH/c1-12-8(11)6-3-2-4-10-7(6)5-9;/h2-4H,5H2,1H3;1H. The van der Waals surface area contributed by atoms with Crippen LogP contribution in [0.15, 0.2) is 18.3 Å². The van der Waals surface area contributed by atoms with Crippen molar-refractivity contribution in [3.05, 3.63) is 29.6 Å². The van der Waals surface area contributed by atoms with Gasteiger partial charge in [-0.25, -0.2) is 4.79 Å². The SMILES string of the molecule is COC(=O)c1cccnc1CCl.Cl. The molecule has 1 aromatic rings. The molecule has 0 aliphatic heterocycles. The summed E-state index contributed by atoms with van der Waals surface area (Å²) in [5, 5.41) is 0. The Balaban J connectivity index is 0.00000144. The van der Waals surface area contributed by atoms with Gasteiger partial charge in [-0.3, -0.25) is 4.98 Å². The average Bonchev–Trinajstić information content (AvgIpc) is 2.16.